The van der Waals surface area contributed by atoms with E-state index in [2.05, 4.69) is 18.8 Å². The zero-order chi connectivity index (χ0) is 15.1. The fourth-order valence-electron chi connectivity index (χ4n) is 2.89. The van der Waals surface area contributed by atoms with E-state index in [1.165, 1.54) is 30.6 Å². The minimum Gasteiger partial charge on any atom is -0.384 e. The van der Waals surface area contributed by atoms with Crippen LogP contribution in [0, 0.1) is 17.8 Å². The minimum atomic E-state index is -0.147. The van der Waals surface area contributed by atoms with Crippen LogP contribution < -0.4 is 0 Å². The number of thiophene rings is 1. The van der Waals surface area contributed by atoms with Crippen molar-refractivity contribution in [3.8, 4) is 11.8 Å². The molecule has 1 aliphatic rings. The highest BCUT2D eigenvalue weighted by molar-refractivity contribution is 7.10. The second-order valence-electron chi connectivity index (χ2n) is 5.54. The van der Waals surface area contributed by atoms with E-state index in [4.69, 9.17) is 5.11 Å². The van der Waals surface area contributed by atoms with Gasteiger partial charge in [0.15, 0.2) is 0 Å². The van der Waals surface area contributed by atoms with Crippen molar-refractivity contribution in [2.45, 2.75) is 39.0 Å². The summed E-state index contributed by atoms with van der Waals surface area (Å²) in [5.74, 6) is 6.38. The molecular weight excluding hydrogens is 282 g/mol. The van der Waals surface area contributed by atoms with Crippen molar-refractivity contribution in [2.75, 3.05) is 19.7 Å². The quantitative estimate of drug-likeness (QED) is 0.872. The molecule has 114 valence electrons. The topological polar surface area (TPSA) is 40.5 Å². The van der Waals surface area contributed by atoms with Crippen LogP contribution in [0.4, 0.5) is 0 Å². The summed E-state index contributed by atoms with van der Waals surface area (Å²) in [4.78, 5) is 15.4. The molecule has 0 aliphatic carbocycles. The molecule has 1 fully saturated rings. The van der Waals surface area contributed by atoms with Crippen LogP contribution in [-0.2, 0) is 0 Å². The molecule has 0 bridgehead atoms. The lowest BCUT2D eigenvalue weighted by atomic mass is 9.96. The number of aliphatic hydroxyl groups is 1. The summed E-state index contributed by atoms with van der Waals surface area (Å²) in [6, 6.07) is 1.84. The number of amides is 1. The molecule has 1 amide bonds. The Balaban J connectivity index is 1.97. The second-order valence-corrected chi connectivity index (χ2v) is 6.45. The Bertz CT molecular complexity index is 526. The number of aliphatic hydroxyl groups excluding tert-OH is 1. The lowest BCUT2D eigenvalue weighted by molar-refractivity contribution is 0.0760. The highest BCUT2D eigenvalue weighted by atomic mass is 32.1. The van der Waals surface area contributed by atoms with Gasteiger partial charge in [-0.2, -0.15) is 0 Å². The van der Waals surface area contributed by atoms with E-state index in [0.717, 1.165) is 42.3 Å². The van der Waals surface area contributed by atoms with Crippen molar-refractivity contribution in [1.82, 2.24) is 4.90 Å². The minimum absolute atomic E-state index is 0.125. The van der Waals surface area contributed by atoms with Crippen molar-refractivity contribution in [2.24, 2.45) is 5.92 Å². The largest absolute Gasteiger partial charge is 0.384 e. The first-order chi connectivity index (χ1) is 10.2. The maximum absolute atomic E-state index is 12.5. The zero-order valence-corrected chi connectivity index (χ0v) is 13.4. The number of likely N-dealkylation sites (tertiary alicyclic amines) is 1. The molecule has 4 heteroatoms. The maximum atomic E-state index is 12.5. The maximum Gasteiger partial charge on any atom is 0.254 e. The van der Waals surface area contributed by atoms with E-state index in [0.29, 0.717) is 0 Å². The lowest BCUT2D eigenvalue weighted by Crippen LogP contribution is -2.31. The Morgan fingerprint density at radius 2 is 2.33 bits per heavy atom. The molecule has 0 aromatic carbocycles. The van der Waals surface area contributed by atoms with Crippen molar-refractivity contribution < 1.29 is 9.90 Å². The van der Waals surface area contributed by atoms with Crippen LogP contribution in [0.5, 0.6) is 0 Å². The molecule has 2 rings (SSSR count). The van der Waals surface area contributed by atoms with E-state index in [-0.39, 0.29) is 12.5 Å². The molecule has 0 radical (unpaired) electrons. The van der Waals surface area contributed by atoms with E-state index in [1.54, 1.807) is 0 Å². The monoisotopic (exact) mass is 305 g/mol. The van der Waals surface area contributed by atoms with Gasteiger partial charge in [0.1, 0.15) is 6.61 Å². The normalized spacial score (nSPS) is 18.8. The smallest absolute Gasteiger partial charge is 0.254 e. The van der Waals surface area contributed by atoms with Gasteiger partial charge in [-0.3, -0.25) is 4.79 Å². The summed E-state index contributed by atoms with van der Waals surface area (Å²) in [6.45, 7) is 3.82. The highest BCUT2D eigenvalue weighted by Gasteiger charge is 2.21. The Morgan fingerprint density at radius 3 is 3.10 bits per heavy atom. The van der Waals surface area contributed by atoms with Crippen LogP contribution in [0.2, 0.25) is 0 Å². The van der Waals surface area contributed by atoms with Gasteiger partial charge in [0.25, 0.3) is 5.91 Å². The van der Waals surface area contributed by atoms with Crippen LogP contribution in [0.15, 0.2) is 11.4 Å². The van der Waals surface area contributed by atoms with Gasteiger partial charge in [-0.25, -0.2) is 0 Å². The molecule has 1 N–H and O–H groups in total. The number of hydrogen-bond acceptors (Lipinski definition) is 3. The van der Waals surface area contributed by atoms with Crippen LogP contribution >= 0.6 is 11.3 Å². The van der Waals surface area contributed by atoms with Gasteiger partial charge in [0.2, 0.25) is 0 Å². The molecule has 1 atom stereocenters. The van der Waals surface area contributed by atoms with Crippen molar-refractivity contribution in [3.63, 3.8) is 0 Å². The van der Waals surface area contributed by atoms with Gasteiger partial charge in [-0.05, 0) is 31.2 Å². The van der Waals surface area contributed by atoms with E-state index in [9.17, 15) is 4.79 Å². The van der Waals surface area contributed by atoms with E-state index in [1.807, 2.05) is 16.3 Å². The number of rotatable bonds is 3. The third-order valence-corrected chi connectivity index (χ3v) is 4.81. The molecule has 1 aromatic heterocycles. The molecule has 1 aliphatic heterocycles. The summed E-state index contributed by atoms with van der Waals surface area (Å²) >= 11 is 1.46. The average Bonchev–Trinajstić information content (AvgIpc) is 2.84. The molecule has 1 aromatic rings. The molecular formula is C17H23NO2S. The first-order valence-electron chi connectivity index (χ1n) is 7.72. The van der Waals surface area contributed by atoms with Gasteiger partial charge >= 0.3 is 0 Å². The van der Waals surface area contributed by atoms with Crippen molar-refractivity contribution in [1.29, 1.82) is 0 Å². The van der Waals surface area contributed by atoms with Crippen molar-refractivity contribution in [3.05, 3.63) is 21.9 Å². The fourth-order valence-corrected chi connectivity index (χ4v) is 3.64. The summed E-state index contributed by atoms with van der Waals surface area (Å²) in [6.07, 6.45) is 5.99. The second kappa shape index (κ2) is 8.21. The Kier molecular flexibility index (Phi) is 6.28. The molecule has 2 heterocycles. The number of hydrogen-bond donors (Lipinski definition) is 1. The summed E-state index contributed by atoms with van der Waals surface area (Å²) in [5.41, 5.74) is 0.733. The van der Waals surface area contributed by atoms with Crippen LogP contribution in [-0.4, -0.2) is 35.6 Å². The molecule has 0 spiro atoms. The molecule has 1 saturated heterocycles. The standard InChI is InChI=1S/C17H23NO2S/c1-2-5-14-6-3-9-18(10-8-14)17(20)15-12-16(21-13-15)7-4-11-19/h12-14,19H,2-3,5-6,8-11H2,1H3. The Labute approximate surface area is 131 Å². The average molecular weight is 305 g/mol. The third kappa shape index (κ3) is 4.59. The van der Waals surface area contributed by atoms with Gasteiger partial charge in [0, 0.05) is 18.5 Å². The predicted octanol–water partition coefficient (Wildman–Crippen LogP) is 3.13. The molecule has 1 unspecified atom stereocenters. The summed E-state index contributed by atoms with van der Waals surface area (Å²) in [5, 5.41) is 10.6. The zero-order valence-electron chi connectivity index (χ0n) is 12.6. The SMILES string of the molecule is CCCC1CCCN(C(=O)c2csc(C#CCO)c2)CC1. The Morgan fingerprint density at radius 1 is 1.48 bits per heavy atom. The fraction of sp³-hybridized carbons (Fsp3) is 0.588. The number of carbonyl (C=O) groups is 1. The predicted molar refractivity (Wildman–Crippen MR) is 86.4 cm³/mol. The first kappa shape index (κ1) is 16.1. The lowest BCUT2D eigenvalue weighted by Gasteiger charge is -2.20. The molecule has 0 saturated carbocycles. The van der Waals surface area contributed by atoms with Crippen molar-refractivity contribution >= 4 is 17.2 Å². The highest BCUT2D eigenvalue weighted by Crippen LogP contribution is 2.23. The summed E-state index contributed by atoms with van der Waals surface area (Å²) < 4.78 is 0. The number of nitrogens with zero attached hydrogens (tertiary/aromatic N) is 1. The van der Waals surface area contributed by atoms with Gasteiger partial charge < -0.3 is 10.0 Å². The van der Waals surface area contributed by atoms with Crippen LogP contribution in [0.1, 0.15) is 54.3 Å². The summed E-state index contributed by atoms with van der Waals surface area (Å²) in [7, 11) is 0. The first-order valence-corrected chi connectivity index (χ1v) is 8.60. The molecule has 21 heavy (non-hydrogen) atoms. The van der Waals surface area contributed by atoms with Crippen LogP contribution in [0.3, 0.4) is 0 Å². The molecule has 3 nitrogen and oxygen atoms in total. The van der Waals surface area contributed by atoms with E-state index >= 15 is 0 Å². The number of carbonyl (C=O) groups excluding carboxylic acids is 1. The third-order valence-electron chi connectivity index (χ3n) is 3.97. The van der Waals surface area contributed by atoms with Crippen LogP contribution in [0.25, 0.3) is 0 Å². The van der Waals surface area contributed by atoms with Gasteiger partial charge in [0.05, 0.1) is 10.4 Å². The van der Waals surface area contributed by atoms with Gasteiger partial charge in [-0.15, -0.1) is 11.3 Å². The van der Waals surface area contributed by atoms with E-state index < -0.39 is 0 Å². The van der Waals surface area contributed by atoms with Gasteiger partial charge in [-0.1, -0.05) is 31.6 Å². The Hall–Kier alpha value is -1.31.